The summed E-state index contributed by atoms with van der Waals surface area (Å²) >= 11 is 3.48. The van der Waals surface area contributed by atoms with Gasteiger partial charge < -0.3 is 16.2 Å². The smallest absolute Gasteiger partial charge is 0.237 e. The quantitative estimate of drug-likeness (QED) is 0.806. The average Bonchev–Trinajstić information content (AvgIpc) is 2.33. The average molecular weight is 314 g/mol. The molecule has 0 bridgehead atoms. The van der Waals surface area contributed by atoms with Crippen LogP contribution in [0.15, 0.2) is 22.7 Å². The summed E-state index contributed by atoms with van der Waals surface area (Å²) in [4.78, 5) is 13.4. The summed E-state index contributed by atoms with van der Waals surface area (Å²) in [5.41, 5.74) is 12.9. The zero-order chi connectivity index (χ0) is 13.1. The van der Waals surface area contributed by atoms with E-state index in [0.29, 0.717) is 32.0 Å². The van der Waals surface area contributed by atoms with Gasteiger partial charge in [-0.3, -0.25) is 9.69 Å². The van der Waals surface area contributed by atoms with Crippen molar-refractivity contribution in [3.05, 3.63) is 28.2 Å². The Morgan fingerprint density at radius 3 is 3.00 bits per heavy atom. The number of morpholine rings is 1. The van der Waals surface area contributed by atoms with E-state index in [1.165, 1.54) is 0 Å². The number of nitrogen functional groups attached to an aromatic ring is 1. The Hall–Kier alpha value is -1.11. The molecule has 1 heterocycles. The molecule has 1 aromatic rings. The Kier molecular flexibility index (Phi) is 4.21. The molecule has 18 heavy (non-hydrogen) atoms. The Bertz CT molecular complexity index is 453. The van der Waals surface area contributed by atoms with Gasteiger partial charge in [-0.1, -0.05) is 22.0 Å². The molecule has 6 heteroatoms. The summed E-state index contributed by atoms with van der Waals surface area (Å²) in [5, 5.41) is 0. The van der Waals surface area contributed by atoms with Crippen LogP contribution in [0.2, 0.25) is 0 Å². The Balaban J connectivity index is 2.13. The van der Waals surface area contributed by atoms with E-state index in [4.69, 9.17) is 16.2 Å². The van der Waals surface area contributed by atoms with Crippen LogP contribution in [-0.2, 0) is 16.1 Å². The predicted octanol–water partition coefficient (Wildman–Crippen LogP) is 0.717. The van der Waals surface area contributed by atoms with Crippen molar-refractivity contribution in [3.63, 3.8) is 0 Å². The zero-order valence-electron chi connectivity index (χ0n) is 9.93. The maximum Gasteiger partial charge on any atom is 0.237 e. The van der Waals surface area contributed by atoms with Crippen molar-refractivity contribution in [3.8, 4) is 0 Å². The summed E-state index contributed by atoms with van der Waals surface area (Å²) in [6, 6.07) is 5.30. The summed E-state index contributed by atoms with van der Waals surface area (Å²) in [6.07, 6.45) is 0. The minimum Gasteiger partial charge on any atom is -0.399 e. The lowest BCUT2D eigenvalue weighted by molar-refractivity contribution is -0.129. The summed E-state index contributed by atoms with van der Waals surface area (Å²) in [6.45, 7) is 2.33. The van der Waals surface area contributed by atoms with Crippen molar-refractivity contribution in [1.29, 1.82) is 0 Å². The molecule has 0 radical (unpaired) electrons. The molecular formula is C12H16BrN3O2. The van der Waals surface area contributed by atoms with Gasteiger partial charge in [0.25, 0.3) is 0 Å². The van der Waals surface area contributed by atoms with Crippen molar-refractivity contribution < 1.29 is 9.53 Å². The third kappa shape index (κ3) is 3.01. The van der Waals surface area contributed by atoms with Gasteiger partial charge >= 0.3 is 0 Å². The highest BCUT2D eigenvalue weighted by Crippen LogP contribution is 2.22. The Morgan fingerprint density at radius 2 is 2.33 bits per heavy atom. The van der Waals surface area contributed by atoms with E-state index >= 15 is 0 Å². The van der Waals surface area contributed by atoms with Crippen LogP contribution >= 0.6 is 15.9 Å². The van der Waals surface area contributed by atoms with Gasteiger partial charge in [0, 0.05) is 23.2 Å². The number of amides is 1. The third-order valence-corrected chi connectivity index (χ3v) is 3.76. The number of carbonyl (C=O) groups is 1. The third-order valence-electron chi connectivity index (χ3n) is 3.02. The van der Waals surface area contributed by atoms with Crippen molar-refractivity contribution in [2.75, 3.05) is 25.5 Å². The van der Waals surface area contributed by atoms with Crippen LogP contribution in [0.3, 0.4) is 0 Å². The second-order valence-electron chi connectivity index (χ2n) is 4.31. The molecule has 1 aliphatic rings. The lowest BCUT2D eigenvalue weighted by atomic mass is 10.1. The number of benzene rings is 1. The van der Waals surface area contributed by atoms with Gasteiger partial charge in [-0.25, -0.2) is 0 Å². The minimum atomic E-state index is -0.358. The van der Waals surface area contributed by atoms with Crippen LogP contribution in [0.5, 0.6) is 0 Å². The molecule has 1 amide bonds. The Morgan fingerprint density at radius 1 is 1.56 bits per heavy atom. The molecular weight excluding hydrogens is 298 g/mol. The molecule has 1 aromatic carbocycles. The molecule has 1 unspecified atom stereocenters. The predicted molar refractivity (Wildman–Crippen MR) is 72.8 cm³/mol. The highest BCUT2D eigenvalue weighted by atomic mass is 79.9. The fourth-order valence-corrected chi connectivity index (χ4v) is 2.52. The largest absolute Gasteiger partial charge is 0.399 e. The summed E-state index contributed by atoms with van der Waals surface area (Å²) in [7, 11) is 0. The van der Waals surface area contributed by atoms with Crippen molar-refractivity contribution in [2.45, 2.75) is 12.6 Å². The molecule has 1 saturated heterocycles. The fraction of sp³-hybridized carbons (Fsp3) is 0.417. The first-order chi connectivity index (χ1) is 8.58. The van der Waals surface area contributed by atoms with Gasteiger partial charge in [0.1, 0.15) is 6.04 Å². The van der Waals surface area contributed by atoms with Crippen molar-refractivity contribution >= 4 is 27.5 Å². The number of nitrogens with two attached hydrogens (primary N) is 2. The standard InChI is InChI=1S/C12H16BrN3O2/c13-10-5-9(14)2-1-8(10)6-16-3-4-18-7-11(16)12(15)17/h1-2,5,11H,3-4,6-7,14H2,(H2,15,17). The molecule has 1 aliphatic heterocycles. The summed E-state index contributed by atoms with van der Waals surface area (Å²) < 4.78 is 6.23. The monoisotopic (exact) mass is 313 g/mol. The van der Waals surface area contributed by atoms with Crippen LogP contribution in [0.1, 0.15) is 5.56 Å². The van der Waals surface area contributed by atoms with E-state index in [2.05, 4.69) is 15.9 Å². The van der Waals surface area contributed by atoms with E-state index in [9.17, 15) is 4.79 Å². The van der Waals surface area contributed by atoms with E-state index < -0.39 is 0 Å². The molecule has 1 fully saturated rings. The minimum absolute atomic E-state index is 0.346. The number of nitrogens with zero attached hydrogens (tertiary/aromatic N) is 1. The van der Waals surface area contributed by atoms with E-state index in [1.807, 2.05) is 23.1 Å². The molecule has 0 spiro atoms. The molecule has 0 aromatic heterocycles. The summed E-state index contributed by atoms with van der Waals surface area (Å²) in [5.74, 6) is -0.346. The molecule has 2 rings (SSSR count). The number of rotatable bonds is 3. The molecule has 4 N–H and O–H groups in total. The van der Waals surface area contributed by atoms with Gasteiger partial charge in [-0.05, 0) is 17.7 Å². The highest BCUT2D eigenvalue weighted by Gasteiger charge is 2.27. The lowest BCUT2D eigenvalue weighted by Crippen LogP contribution is -2.51. The number of hydrogen-bond acceptors (Lipinski definition) is 4. The number of hydrogen-bond donors (Lipinski definition) is 2. The van der Waals surface area contributed by atoms with E-state index in [0.717, 1.165) is 10.0 Å². The fourth-order valence-electron chi connectivity index (χ4n) is 2.00. The molecule has 5 nitrogen and oxygen atoms in total. The first-order valence-corrected chi connectivity index (χ1v) is 6.52. The van der Waals surface area contributed by atoms with Crippen LogP contribution in [0, 0.1) is 0 Å². The van der Waals surface area contributed by atoms with Gasteiger partial charge in [0.05, 0.1) is 13.2 Å². The van der Waals surface area contributed by atoms with Gasteiger partial charge in [-0.15, -0.1) is 0 Å². The van der Waals surface area contributed by atoms with Crippen LogP contribution in [0.4, 0.5) is 5.69 Å². The Labute approximate surface area is 114 Å². The number of anilines is 1. The van der Waals surface area contributed by atoms with Crippen LogP contribution in [-0.4, -0.2) is 36.6 Å². The van der Waals surface area contributed by atoms with Gasteiger partial charge in [0.15, 0.2) is 0 Å². The molecule has 0 saturated carbocycles. The van der Waals surface area contributed by atoms with Gasteiger partial charge in [0.2, 0.25) is 5.91 Å². The maximum absolute atomic E-state index is 11.4. The van der Waals surface area contributed by atoms with E-state index in [1.54, 1.807) is 0 Å². The number of carbonyl (C=O) groups excluding carboxylic acids is 1. The topological polar surface area (TPSA) is 81.6 Å². The second-order valence-corrected chi connectivity index (χ2v) is 5.17. The zero-order valence-corrected chi connectivity index (χ0v) is 11.5. The van der Waals surface area contributed by atoms with Crippen molar-refractivity contribution in [1.82, 2.24) is 4.90 Å². The second kappa shape index (κ2) is 5.69. The number of primary amides is 1. The van der Waals surface area contributed by atoms with Crippen LogP contribution in [0.25, 0.3) is 0 Å². The van der Waals surface area contributed by atoms with Crippen molar-refractivity contribution in [2.24, 2.45) is 5.73 Å². The SMILES string of the molecule is NC(=O)C1COCCN1Cc1ccc(N)cc1Br. The highest BCUT2D eigenvalue weighted by molar-refractivity contribution is 9.10. The first kappa shape index (κ1) is 13.3. The van der Waals surface area contributed by atoms with E-state index in [-0.39, 0.29) is 11.9 Å². The normalized spacial score (nSPS) is 20.8. The number of ether oxygens (including phenoxy) is 1. The lowest BCUT2D eigenvalue weighted by Gasteiger charge is -2.33. The molecule has 0 aliphatic carbocycles. The first-order valence-electron chi connectivity index (χ1n) is 5.73. The van der Waals surface area contributed by atoms with Crippen LogP contribution < -0.4 is 11.5 Å². The molecule has 1 atom stereocenters. The number of halogens is 1. The van der Waals surface area contributed by atoms with Gasteiger partial charge in [-0.2, -0.15) is 0 Å². The molecule has 98 valence electrons. The maximum atomic E-state index is 11.4.